The molecule has 3 aromatic carbocycles. The first-order valence-electron chi connectivity index (χ1n) is 10.9. The number of rotatable bonds is 8. The van der Waals surface area contributed by atoms with Crippen molar-refractivity contribution in [3.05, 3.63) is 121 Å². The van der Waals surface area contributed by atoms with Crippen molar-refractivity contribution in [2.45, 2.75) is 13.3 Å². The fourth-order valence-corrected chi connectivity index (χ4v) is 3.59. The van der Waals surface area contributed by atoms with Gasteiger partial charge in [0.25, 0.3) is 5.91 Å². The van der Waals surface area contributed by atoms with Gasteiger partial charge in [-0.2, -0.15) is 10.2 Å². The number of hydrogen-bond donors (Lipinski definition) is 1. The van der Waals surface area contributed by atoms with Gasteiger partial charge in [0.05, 0.1) is 6.54 Å². The number of aromatic nitrogens is 4. The van der Waals surface area contributed by atoms with E-state index < -0.39 is 0 Å². The van der Waals surface area contributed by atoms with Crippen LogP contribution in [0.15, 0.2) is 110 Å². The fourth-order valence-electron chi connectivity index (χ4n) is 3.59. The largest absolute Gasteiger partial charge is 0.471 e. The molecule has 2 aromatic heterocycles. The lowest BCUT2D eigenvalue weighted by Gasteiger charge is -2.08. The van der Waals surface area contributed by atoms with Crippen molar-refractivity contribution in [2.75, 3.05) is 5.32 Å². The minimum absolute atomic E-state index is 0.206. The maximum Gasteiger partial charge on any atom is 0.276 e. The molecule has 1 amide bonds. The standard InChI is InChI=1S/C27H23N5O2/c33-27(29-24-9-4-6-21(18-24)19-31-16-5-15-28-31)26-14-17-32(30-26)20-34-25-12-10-23(11-13-25)22-7-2-1-3-8-22/h1-18H,19-20H2,(H,29,33). The van der Waals surface area contributed by atoms with Crippen molar-refractivity contribution < 1.29 is 9.53 Å². The van der Waals surface area contributed by atoms with Crippen molar-refractivity contribution in [2.24, 2.45) is 0 Å². The molecule has 168 valence electrons. The molecule has 0 atom stereocenters. The summed E-state index contributed by atoms with van der Waals surface area (Å²) in [5.74, 6) is 0.456. The van der Waals surface area contributed by atoms with E-state index in [-0.39, 0.29) is 12.6 Å². The molecule has 0 aliphatic carbocycles. The average Bonchev–Trinajstić information content (AvgIpc) is 3.56. The van der Waals surface area contributed by atoms with Crippen LogP contribution in [0, 0.1) is 0 Å². The lowest BCUT2D eigenvalue weighted by atomic mass is 10.1. The summed E-state index contributed by atoms with van der Waals surface area (Å²) in [5.41, 5.74) is 4.35. The van der Waals surface area contributed by atoms with Crippen LogP contribution in [0.3, 0.4) is 0 Å². The van der Waals surface area contributed by atoms with Crippen LogP contribution >= 0.6 is 0 Å². The zero-order valence-corrected chi connectivity index (χ0v) is 18.4. The Morgan fingerprint density at radius 1 is 0.824 bits per heavy atom. The van der Waals surface area contributed by atoms with Crippen molar-refractivity contribution in [3.8, 4) is 16.9 Å². The second-order valence-corrected chi connectivity index (χ2v) is 7.76. The highest BCUT2D eigenvalue weighted by Gasteiger charge is 2.11. The Bertz CT molecular complexity index is 1360. The van der Waals surface area contributed by atoms with Gasteiger partial charge >= 0.3 is 0 Å². The third kappa shape index (κ3) is 5.21. The van der Waals surface area contributed by atoms with Crippen LogP contribution in [0.1, 0.15) is 16.1 Å². The van der Waals surface area contributed by atoms with E-state index in [2.05, 4.69) is 27.6 Å². The molecule has 34 heavy (non-hydrogen) atoms. The smallest absolute Gasteiger partial charge is 0.276 e. The molecule has 2 heterocycles. The Kier molecular flexibility index (Phi) is 6.16. The third-order valence-electron chi connectivity index (χ3n) is 5.29. The highest BCUT2D eigenvalue weighted by molar-refractivity contribution is 6.02. The van der Waals surface area contributed by atoms with E-state index in [4.69, 9.17) is 4.74 Å². The lowest BCUT2D eigenvalue weighted by Crippen LogP contribution is -2.14. The first-order chi connectivity index (χ1) is 16.7. The van der Waals surface area contributed by atoms with Gasteiger partial charge in [0.2, 0.25) is 0 Å². The zero-order chi connectivity index (χ0) is 23.2. The van der Waals surface area contributed by atoms with Gasteiger partial charge < -0.3 is 10.1 Å². The van der Waals surface area contributed by atoms with Gasteiger partial charge in [-0.05, 0) is 53.1 Å². The van der Waals surface area contributed by atoms with Crippen molar-refractivity contribution in [1.82, 2.24) is 19.6 Å². The van der Waals surface area contributed by atoms with E-state index in [1.165, 1.54) is 0 Å². The molecule has 0 saturated carbocycles. The van der Waals surface area contributed by atoms with Gasteiger partial charge in [-0.1, -0.05) is 54.6 Å². The van der Waals surface area contributed by atoms with Crippen LogP contribution in [0.2, 0.25) is 0 Å². The van der Waals surface area contributed by atoms with E-state index in [9.17, 15) is 4.79 Å². The van der Waals surface area contributed by atoms with Gasteiger partial charge in [-0.25, -0.2) is 4.68 Å². The molecule has 0 fully saturated rings. The van der Waals surface area contributed by atoms with Crippen LogP contribution < -0.4 is 10.1 Å². The van der Waals surface area contributed by atoms with Gasteiger partial charge in [0, 0.05) is 24.3 Å². The predicted molar refractivity (Wildman–Crippen MR) is 130 cm³/mol. The van der Waals surface area contributed by atoms with Crippen LogP contribution in [-0.2, 0) is 13.3 Å². The molecule has 0 bridgehead atoms. The summed E-state index contributed by atoms with van der Waals surface area (Å²) in [5, 5.41) is 11.5. The Balaban J connectivity index is 1.17. The maximum atomic E-state index is 12.7. The van der Waals surface area contributed by atoms with Crippen LogP contribution in [0.5, 0.6) is 5.75 Å². The van der Waals surface area contributed by atoms with E-state index in [0.29, 0.717) is 17.9 Å². The Labute approximate surface area is 197 Å². The molecular weight excluding hydrogens is 426 g/mol. The third-order valence-corrected chi connectivity index (χ3v) is 5.29. The highest BCUT2D eigenvalue weighted by Crippen LogP contribution is 2.22. The molecule has 0 saturated heterocycles. The molecule has 7 heteroatoms. The number of carbonyl (C=O) groups excluding carboxylic acids is 1. The van der Waals surface area contributed by atoms with Crippen LogP contribution in [0.4, 0.5) is 5.69 Å². The molecule has 7 nitrogen and oxygen atoms in total. The predicted octanol–water partition coefficient (Wildman–Crippen LogP) is 5.08. The van der Waals surface area contributed by atoms with Crippen molar-refractivity contribution in [1.29, 1.82) is 0 Å². The van der Waals surface area contributed by atoms with E-state index in [1.807, 2.05) is 83.7 Å². The second kappa shape index (κ2) is 9.87. The summed E-state index contributed by atoms with van der Waals surface area (Å²) >= 11 is 0. The average molecular weight is 450 g/mol. The monoisotopic (exact) mass is 449 g/mol. The number of amides is 1. The summed E-state index contributed by atoms with van der Waals surface area (Å²) in [4.78, 5) is 12.7. The quantitative estimate of drug-likeness (QED) is 0.358. The molecule has 0 spiro atoms. The van der Waals surface area contributed by atoms with Gasteiger partial charge in [0.1, 0.15) is 5.75 Å². The number of hydrogen-bond acceptors (Lipinski definition) is 4. The van der Waals surface area contributed by atoms with Gasteiger partial charge in [0.15, 0.2) is 12.4 Å². The fraction of sp³-hybridized carbons (Fsp3) is 0.0741. The summed E-state index contributed by atoms with van der Waals surface area (Å²) in [7, 11) is 0. The molecule has 0 radical (unpaired) electrons. The number of anilines is 1. The normalized spacial score (nSPS) is 10.7. The second-order valence-electron chi connectivity index (χ2n) is 7.76. The van der Waals surface area contributed by atoms with Crippen molar-refractivity contribution >= 4 is 11.6 Å². The minimum atomic E-state index is -0.276. The molecule has 0 unspecified atom stereocenters. The summed E-state index contributed by atoms with van der Waals surface area (Å²) in [6.45, 7) is 0.840. The SMILES string of the molecule is O=C(Nc1cccc(Cn2cccn2)c1)c1ccn(COc2ccc(-c3ccccc3)cc2)n1. The number of nitrogens with one attached hydrogen (secondary N) is 1. The molecule has 5 aromatic rings. The summed E-state index contributed by atoms with van der Waals surface area (Å²) in [6.07, 6.45) is 5.37. The molecular formula is C27H23N5O2. The Morgan fingerprint density at radius 2 is 1.65 bits per heavy atom. The van der Waals surface area contributed by atoms with Crippen LogP contribution in [0.25, 0.3) is 11.1 Å². The zero-order valence-electron chi connectivity index (χ0n) is 18.4. The number of carbonyl (C=O) groups is 1. The lowest BCUT2D eigenvalue weighted by molar-refractivity contribution is 0.102. The summed E-state index contributed by atoms with van der Waals surface area (Å²) < 4.78 is 9.24. The maximum absolute atomic E-state index is 12.7. The molecule has 0 aliphatic heterocycles. The van der Waals surface area contributed by atoms with E-state index in [1.54, 1.807) is 23.1 Å². The first kappa shape index (κ1) is 21.2. The van der Waals surface area contributed by atoms with Gasteiger partial charge in [-0.3, -0.25) is 9.48 Å². The Hall–Kier alpha value is -4.65. The minimum Gasteiger partial charge on any atom is -0.471 e. The molecule has 5 rings (SSSR count). The van der Waals surface area contributed by atoms with Crippen molar-refractivity contribution in [3.63, 3.8) is 0 Å². The van der Waals surface area contributed by atoms with Gasteiger partial charge in [-0.15, -0.1) is 0 Å². The van der Waals surface area contributed by atoms with E-state index in [0.717, 1.165) is 22.4 Å². The number of benzene rings is 3. The highest BCUT2D eigenvalue weighted by atomic mass is 16.5. The van der Waals surface area contributed by atoms with E-state index >= 15 is 0 Å². The summed E-state index contributed by atoms with van der Waals surface area (Å²) in [6, 6.07) is 29.3. The number of nitrogens with zero attached hydrogens (tertiary/aromatic N) is 4. The first-order valence-corrected chi connectivity index (χ1v) is 10.9. The van der Waals surface area contributed by atoms with Crippen LogP contribution in [-0.4, -0.2) is 25.5 Å². The molecule has 0 aliphatic rings. The number of ether oxygens (including phenoxy) is 1. The molecule has 1 N–H and O–H groups in total. The topological polar surface area (TPSA) is 74.0 Å². The Morgan fingerprint density at radius 3 is 2.44 bits per heavy atom.